The lowest BCUT2D eigenvalue weighted by atomic mass is 10.2. The van der Waals surface area contributed by atoms with Crippen LogP contribution in [0.5, 0.6) is 5.75 Å². The average Bonchev–Trinajstić information content (AvgIpc) is 3.46. The van der Waals surface area contributed by atoms with Crippen molar-refractivity contribution in [2.75, 3.05) is 12.4 Å². The van der Waals surface area contributed by atoms with Gasteiger partial charge in [0.1, 0.15) is 10.4 Å². The van der Waals surface area contributed by atoms with E-state index in [1.165, 1.54) is 23.1 Å². The fourth-order valence-electron chi connectivity index (χ4n) is 4.32. The number of aromatic nitrogens is 3. The van der Waals surface area contributed by atoms with E-state index in [-0.39, 0.29) is 29.4 Å². The molecule has 3 N–H and O–H groups in total. The quantitative estimate of drug-likeness (QED) is 0.166. The van der Waals surface area contributed by atoms with Crippen molar-refractivity contribution >= 4 is 51.6 Å². The number of carbonyl (C=O) groups excluding carboxylic acids is 1. The van der Waals surface area contributed by atoms with Crippen molar-refractivity contribution in [1.29, 1.82) is 0 Å². The summed E-state index contributed by atoms with van der Waals surface area (Å²) in [4.78, 5) is 31.6. The predicted molar refractivity (Wildman–Crippen MR) is 154 cm³/mol. The van der Waals surface area contributed by atoms with Gasteiger partial charge in [-0.25, -0.2) is 10.4 Å². The molecule has 4 aromatic rings. The minimum Gasteiger partial charge on any atom is -0.494 e. The third kappa shape index (κ3) is 5.40. The van der Waals surface area contributed by atoms with E-state index in [1.54, 1.807) is 9.13 Å². The van der Waals surface area contributed by atoms with Crippen molar-refractivity contribution in [2.45, 2.75) is 44.6 Å². The molecule has 2 atom stereocenters. The van der Waals surface area contributed by atoms with Crippen LogP contribution in [0.25, 0.3) is 21.7 Å². The number of hydrazine groups is 1. The van der Waals surface area contributed by atoms with Crippen molar-refractivity contribution in [3.8, 4) is 17.1 Å². The largest absolute Gasteiger partial charge is 0.494 e. The van der Waals surface area contributed by atoms with Crippen LogP contribution in [0, 0.1) is 10.9 Å². The molecule has 1 fully saturated rings. The molecule has 1 amide bonds. The maximum absolute atomic E-state index is 13.9. The Morgan fingerprint density at radius 3 is 2.66 bits per heavy atom. The summed E-state index contributed by atoms with van der Waals surface area (Å²) in [7, 11) is 0. The Balaban J connectivity index is 1.57. The number of thiazole rings is 1. The summed E-state index contributed by atoms with van der Waals surface area (Å²) in [6.45, 7) is 6.49. The van der Waals surface area contributed by atoms with Gasteiger partial charge in [0, 0.05) is 11.7 Å². The highest BCUT2D eigenvalue weighted by Crippen LogP contribution is 2.29. The van der Waals surface area contributed by atoms with Gasteiger partial charge in [-0.05, 0) is 75.3 Å². The van der Waals surface area contributed by atoms with Crippen molar-refractivity contribution in [3.05, 3.63) is 68.4 Å². The van der Waals surface area contributed by atoms with Gasteiger partial charge in [-0.3, -0.25) is 24.1 Å². The number of para-hydroxylation sites is 1. The van der Waals surface area contributed by atoms with E-state index < -0.39 is 0 Å². The first kappa shape index (κ1) is 26.6. The van der Waals surface area contributed by atoms with Gasteiger partial charge in [0.15, 0.2) is 14.8 Å². The molecule has 0 aliphatic carbocycles. The summed E-state index contributed by atoms with van der Waals surface area (Å²) in [6, 6.07) is 15.4. The second-order valence-corrected chi connectivity index (χ2v) is 11.5. The number of thioether (sulfide) groups is 1. The molecule has 2 unspecified atom stereocenters. The molecule has 1 aliphatic heterocycles. The van der Waals surface area contributed by atoms with Gasteiger partial charge in [-0.2, -0.15) is 0 Å². The molecule has 2 aromatic carbocycles. The van der Waals surface area contributed by atoms with Gasteiger partial charge in [0.05, 0.1) is 24.2 Å². The Hall–Kier alpha value is -3.03. The van der Waals surface area contributed by atoms with Gasteiger partial charge in [0.25, 0.3) is 5.56 Å². The van der Waals surface area contributed by atoms with Gasteiger partial charge in [-0.1, -0.05) is 41.3 Å². The summed E-state index contributed by atoms with van der Waals surface area (Å²) in [5.41, 5.74) is 8.85. The van der Waals surface area contributed by atoms with E-state index in [4.69, 9.17) is 21.9 Å². The van der Waals surface area contributed by atoms with Crippen LogP contribution < -0.4 is 26.5 Å². The molecule has 0 bridgehead atoms. The molecule has 5 rings (SSSR count). The minimum absolute atomic E-state index is 0.101. The Morgan fingerprint density at radius 2 is 1.97 bits per heavy atom. The van der Waals surface area contributed by atoms with Gasteiger partial charge >= 0.3 is 0 Å². The van der Waals surface area contributed by atoms with Gasteiger partial charge in [0.2, 0.25) is 5.91 Å². The van der Waals surface area contributed by atoms with Crippen molar-refractivity contribution < 1.29 is 9.53 Å². The Kier molecular flexibility index (Phi) is 7.96. The standard InChI is InChI=1S/C26H28N6O3S3/c1-4-35-18-11-9-17(10-12-18)31-23-22(38-26(31)36)24(34)32(19-8-6-5-7-15(19)2)25(28-23)37-14-21(33)27-20-13-16(3)29-30-20/h5-12,16,20,29-30H,4,13-14H2,1-3H3,(H,27,33). The summed E-state index contributed by atoms with van der Waals surface area (Å²) in [6.07, 6.45) is 0.640. The van der Waals surface area contributed by atoms with E-state index >= 15 is 0 Å². The molecule has 0 radical (unpaired) electrons. The predicted octanol–water partition coefficient (Wildman–Crippen LogP) is 4.10. The summed E-state index contributed by atoms with van der Waals surface area (Å²) in [5.74, 6) is 0.702. The Morgan fingerprint density at radius 1 is 1.21 bits per heavy atom. The number of rotatable bonds is 8. The first-order chi connectivity index (χ1) is 18.4. The van der Waals surface area contributed by atoms with Crippen LogP contribution in [0.15, 0.2) is 58.5 Å². The lowest BCUT2D eigenvalue weighted by Gasteiger charge is -2.15. The van der Waals surface area contributed by atoms with Crippen LogP contribution in [-0.2, 0) is 4.79 Å². The minimum atomic E-state index is -0.219. The van der Waals surface area contributed by atoms with Crippen LogP contribution in [0.1, 0.15) is 25.8 Å². The van der Waals surface area contributed by atoms with Crippen LogP contribution in [0.2, 0.25) is 0 Å². The zero-order chi connectivity index (χ0) is 26.8. The van der Waals surface area contributed by atoms with Crippen LogP contribution in [0.4, 0.5) is 0 Å². The van der Waals surface area contributed by atoms with E-state index in [9.17, 15) is 9.59 Å². The highest BCUT2D eigenvalue weighted by molar-refractivity contribution is 7.99. The average molecular weight is 569 g/mol. The summed E-state index contributed by atoms with van der Waals surface area (Å²) < 4.78 is 9.92. The number of hydrogen-bond acceptors (Lipinski definition) is 9. The number of nitrogens with one attached hydrogen (secondary N) is 3. The molecule has 1 aliphatic rings. The smallest absolute Gasteiger partial charge is 0.278 e. The molecule has 0 spiro atoms. The summed E-state index contributed by atoms with van der Waals surface area (Å²) in [5, 5.41) is 3.40. The highest BCUT2D eigenvalue weighted by Gasteiger charge is 2.23. The first-order valence-corrected chi connectivity index (χ1v) is 14.5. The maximum Gasteiger partial charge on any atom is 0.278 e. The van der Waals surface area contributed by atoms with Crippen molar-refractivity contribution in [1.82, 2.24) is 30.3 Å². The van der Waals surface area contributed by atoms with Crippen LogP contribution in [0.3, 0.4) is 0 Å². The van der Waals surface area contributed by atoms with Crippen molar-refractivity contribution in [2.24, 2.45) is 0 Å². The molecule has 0 saturated carbocycles. The normalized spacial score (nSPS) is 17.1. The third-order valence-corrected chi connectivity index (χ3v) is 8.39. The topological polar surface area (TPSA) is 102 Å². The Labute approximate surface area is 233 Å². The fraction of sp³-hybridized carbons (Fsp3) is 0.308. The number of carbonyl (C=O) groups is 1. The second-order valence-electron chi connectivity index (χ2n) is 8.94. The van der Waals surface area contributed by atoms with Crippen LogP contribution >= 0.6 is 35.3 Å². The highest BCUT2D eigenvalue weighted by atomic mass is 32.2. The number of aryl methyl sites for hydroxylation is 1. The molecular weight excluding hydrogens is 541 g/mol. The number of fused-ring (bicyclic) bond motifs is 1. The van der Waals surface area contributed by atoms with E-state index in [1.807, 2.05) is 69.3 Å². The number of hydrogen-bond donors (Lipinski definition) is 3. The zero-order valence-corrected chi connectivity index (χ0v) is 23.6. The van der Waals surface area contributed by atoms with Gasteiger partial charge in [-0.15, -0.1) is 0 Å². The van der Waals surface area contributed by atoms with Gasteiger partial charge < -0.3 is 10.1 Å². The summed E-state index contributed by atoms with van der Waals surface area (Å²) >= 11 is 8.14. The van der Waals surface area contributed by atoms with E-state index in [0.717, 1.165) is 29.1 Å². The first-order valence-electron chi connectivity index (χ1n) is 12.3. The third-order valence-electron chi connectivity index (χ3n) is 6.10. The molecule has 9 nitrogen and oxygen atoms in total. The molecule has 3 heterocycles. The number of ether oxygens (including phenoxy) is 1. The zero-order valence-electron chi connectivity index (χ0n) is 21.2. The van der Waals surface area contributed by atoms with E-state index in [2.05, 4.69) is 16.2 Å². The van der Waals surface area contributed by atoms with Crippen LogP contribution in [-0.4, -0.2) is 44.6 Å². The molecule has 1 saturated heterocycles. The SMILES string of the molecule is CCOc1ccc(-n2c(=S)sc3c(=O)n(-c4ccccc4C)c(SCC(=O)NC4CC(C)NN4)nc32)cc1. The maximum atomic E-state index is 13.9. The second kappa shape index (κ2) is 11.4. The Bertz CT molecular complexity index is 1590. The molecular formula is C26H28N6O3S3. The molecule has 2 aromatic heterocycles. The monoisotopic (exact) mass is 568 g/mol. The molecule has 38 heavy (non-hydrogen) atoms. The molecule has 198 valence electrons. The van der Waals surface area contributed by atoms with Crippen molar-refractivity contribution in [3.63, 3.8) is 0 Å². The lowest BCUT2D eigenvalue weighted by Crippen LogP contribution is -2.45. The lowest BCUT2D eigenvalue weighted by molar-refractivity contribution is -0.119. The van der Waals surface area contributed by atoms with E-state index in [0.29, 0.717) is 26.1 Å². The fourth-order valence-corrected chi connectivity index (χ4v) is 6.43. The number of benzene rings is 2. The number of amides is 1. The number of nitrogens with zero attached hydrogens (tertiary/aromatic N) is 3. The molecule has 12 heteroatoms.